The van der Waals surface area contributed by atoms with E-state index in [1.807, 2.05) is 0 Å². The molecule has 3 heteroatoms. The maximum Gasteiger partial charge on any atom is 0.0218 e. The van der Waals surface area contributed by atoms with Crippen molar-refractivity contribution in [1.29, 1.82) is 0 Å². The van der Waals surface area contributed by atoms with Crippen LogP contribution in [-0.4, -0.2) is 61.2 Å². The van der Waals surface area contributed by atoms with Gasteiger partial charge in [0.25, 0.3) is 0 Å². The second-order valence-corrected chi connectivity index (χ2v) is 6.97. The summed E-state index contributed by atoms with van der Waals surface area (Å²) in [5.41, 5.74) is 0. The Kier molecular flexibility index (Phi) is 6.79. The molecule has 2 atom stereocenters. The van der Waals surface area contributed by atoms with Gasteiger partial charge in [-0.1, -0.05) is 6.92 Å². The van der Waals surface area contributed by atoms with Crippen molar-refractivity contribution in [2.45, 2.75) is 65.0 Å². The van der Waals surface area contributed by atoms with Gasteiger partial charge in [-0.15, -0.1) is 0 Å². The predicted octanol–water partition coefficient (Wildman–Crippen LogP) is 2.57. The molecule has 2 rings (SSSR count). The van der Waals surface area contributed by atoms with E-state index >= 15 is 0 Å². The highest BCUT2D eigenvalue weighted by Crippen LogP contribution is 2.22. The lowest BCUT2D eigenvalue weighted by molar-refractivity contribution is 0.106. The predicted molar refractivity (Wildman–Crippen MR) is 87.2 cm³/mol. The lowest BCUT2D eigenvalue weighted by atomic mass is 9.94. The van der Waals surface area contributed by atoms with E-state index in [1.165, 1.54) is 64.8 Å². The van der Waals surface area contributed by atoms with E-state index in [0.29, 0.717) is 12.1 Å². The normalized spacial score (nSPS) is 25.9. The molecule has 20 heavy (non-hydrogen) atoms. The van der Waals surface area contributed by atoms with Crippen LogP contribution in [0.3, 0.4) is 0 Å². The third-order valence-electron chi connectivity index (χ3n) is 5.38. The Bertz CT molecular complexity index is 255. The highest BCUT2D eigenvalue weighted by molar-refractivity contribution is 4.83. The van der Waals surface area contributed by atoms with Crippen LogP contribution in [0.15, 0.2) is 0 Å². The van der Waals surface area contributed by atoms with Crippen LogP contribution >= 0.6 is 0 Å². The largest absolute Gasteiger partial charge is 0.313 e. The summed E-state index contributed by atoms with van der Waals surface area (Å²) in [4.78, 5) is 5.39. The summed E-state index contributed by atoms with van der Waals surface area (Å²) < 4.78 is 0. The summed E-state index contributed by atoms with van der Waals surface area (Å²) >= 11 is 0. The van der Waals surface area contributed by atoms with Gasteiger partial charge in [0.2, 0.25) is 0 Å². The average molecular weight is 281 g/mol. The molecule has 2 saturated heterocycles. The fraction of sp³-hybridized carbons (Fsp3) is 1.00. The van der Waals surface area contributed by atoms with Crippen molar-refractivity contribution in [3.63, 3.8) is 0 Å². The fourth-order valence-corrected chi connectivity index (χ4v) is 3.73. The summed E-state index contributed by atoms with van der Waals surface area (Å²) in [6, 6.07) is 1.29. The third-order valence-corrected chi connectivity index (χ3v) is 5.38. The molecule has 2 unspecified atom stereocenters. The minimum absolute atomic E-state index is 0.616. The van der Waals surface area contributed by atoms with Gasteiger partial charge in [0.15, 0.2) is 0 Å². The average Bonchev–Trinajstić information content (AvgIpc) is 2.97. The van der Waals surface area contributed by atoms with Gasteiger partial charge in [0, 0.05) is 18.6 Å². The lowest BCUT2D eigenvalue weighted by Crippen LogP contribution is -2.50. The molecule has 0 aromatic carbocycles. The highest BCUT2D eigenvalue weighted by Gasteiger charge is 2.26. The first kappa shape index (κ1) is 16.3. The first-order chi connectivity index (χ1) is 9.70. The van der Waals surface area contributed by atoms with E-state index in [1.54, 1.807) is 0 Å². The number of nitrogens with zero attached hydrogens (tertiary/aromatic N) is 2. The van der Waals surface area contributed by atoms with E-state index in [4.69, 9.17) is 0 Å². The van der Waals surface area contributed by atoms with E-state index < -0.39 is 0 Å². The monoisotopic (exact) mass is 281 g/mol. The van der Waals surface area contributed by atoms with Crippen molar-refractivity contribution in [3.05, 3.63) is 0 Å². The standard InChI is InChI=1S/C17H35N3/c1-4-9-18-15(2)16(3)20-12-7-17(8-13-20)14-19-10-5-6-11-19/h15-18H,4-14H2,1-3H3. The molecule has 2 heterocycles. The van der Waals surface area contributed by atoms with Crippen LogP contribution in [0.5, 0.6) is 0 Å². The molecule has 0 aromatic heterocycles. The molecule has 2 aliphatic rings. The molecule has 3 nitrogen and oxygen atoms in total. The van der Waals surface area contributed by atoms with E-state index in [-0.39, 0.29) is 0 Å². The number of nitrogens with one attached hydrogen (secondary N) is 1. The topological polar surface area (TPSA) is 18.5 Å². The molecule has 0 aromatic rings. The molecule has 0 bridgehead atoms. The smallest absolute Gasteiger partial charge is 0.0218 e. The molecule has 118 valence electrons. The van der Waals surface area contributed by atoms with Crippen LogP contribution in [0.25, 0.3) is 0 Å². The van der Waals surface area contributed by atoms with Gasteiger partial charge in [-0.25, -0.2) is 0 Å². The molecule has 0 radical (unpaired) electrons. The van der Waals surface area contributed by atoms with Gasteiger partial charge < -0.3 is 10.2 Å². The Hall–Kier alpha value is -0.120. The quantitative estimate of drug-likeness (QED) is 0.774. The maximum atomic E-state index is 3.65. The zero-order chi connectivity index (χ0) is 14.4. The minimum atomic E-state index is 0.616. The Balaban J connectivity index is 1.67. The van der Waals surface area contributed by atoms with Crippen LogP contribution in [0, 0.1) is 5.92 Å². The second kappa shape index (κ2) is 8.35. The number of hydrogen-bond donors (Lipinski definition) is 1. The van der Waals surface area contributed by atoms with Crippen LogP contribution in [0.1, 0.15) is 52.9 Å². The van der Waals surface area contributed by atoms with Gasteiger partial charge in [-0.3, -0.25) is 4.90 Å². The highest BCUT2D eigenvalue weighted by atomic mass is 15.2. The van der Waals surface area contributed by atoms with Crippen LogP contribution in [0.4, 0.5) is 0 Å². The van der Waals surface area contributed by atoms with E-state index in [0.717, 1.165) is 12.5 Å². The Labute approximate surface area is 126 Å². The summed E-state index contributed by atoms with van der Waals surface area (Å²) in [5.74, 6) is 0.954. The van der Waals surface area contributed by atoms with Gasteiger partial charge in [-0.2, -0.15) is 0 Å². The zero-order valence-corrected chi connectivity index (χ0v) is 13.9. The van der Waals surface area contributed by atoms with Crippen molar-refractivity contribution in [1.82, 2.24) is 15.1 Å². The first-order valence-corrected chi connectivity index (χ1v) is 8.90. The zero-order valence-electron chi connectivity index (χ0n) is 13.9. The summed E-state index contributed by atoms with van der Waals surface area (Å²) in [7, 11) is 0. The van der Waals surface area contributed by atoms with Crippen LogP contribution in [-0.2, 0) is 0 Å². The van der Waals surface area contributed by atoms with Crippen LogP contribution in [0.2, 0.25) is 0 Å². The molecule has 1 N–H and O–H groups in total. The molecular weight excluding hydrogens is 246 g/mol. The van der Waals surface area contributed by atoms with Crippen LogP contribution < -0.4 is 5.32 Å². The van der Waals surface area contributed by atoms with E-state index in [2.05, 4.69) is 35.9 Å². The van der Waals surface area contributed by atoms with Crippen molar-refractivity contribution < 1.29 is 0 Å². The number of likely N-dealkylation sites (tertiary alicyclic amines) is 2. The van der Waals surface area contributed by atoms with Crippen molar-refractivity contribution in [3.8, 4) is 0 Å². The molecule has 0 saturated carbocycles. The number of rotatable bonds is 7. The van der Waals surface area contributed by atoms with Crippen molar-refractivity contribution in [2.75, 3.05) is 39.3 Å². The van der Waals surface area contributed by atoms with Gasteiger partial charge >= 0.3 is 0 Å². The van der Waals surface area contributed by atoms with Crippen molar-refractivity contribution in [2.24, 2.45) is 5.92 Å². The molecule has 0 aliphatic carbocycles. The van der Waals surface area contributed by atoms with Gasteiger partial charge in [0.05, 0.1) is 0 Å². The molecule has 0 amide bonds. The molecule has 2 aliphatic heterocycles. The lowest BCUT2D eigenvalue weighted by Gasteiger charge is -2.39. The maximum absolute atomic E-state index is 3.65. The summed E-state index contributed by atoms with van der Waals surface area (Å²) in [5, 5.41) is 3.65. The number of hydrogen-bond acceptors (Lipinski definition) is 3. The Morgan fingerprint density at radius 1 is 1.05 bits per heavy atom. The Morgan fingerprint density at radius 2 is 1.70 bits per heavy atom. The Morgan fingerprint density at radius 3 is 2.30 bits per heavy atom. The molecular formula is C17H35N3. The minimum Gasteiger partial charge on any atom is -0.313 e. The van der Waals surface area contributed by atoms with Gasteiger partial charge in [0.1, 0.15) is 0 Å². The van der Waals surface area contributed by atoms with E-state index in [9.17, 15) is 0 Å². The summed E-state index contributed by atoms with van der Waals surface area (Å²) in [6.45, 7) is 14.8. The van der Waals surface area contributed by atoms with Crippen molar-refractivity contribution >= 4 is 0 Å². The molecule has 2 fully saturated rings. The number of piperidine rings is 1. The second-order valence-electron chi connectivity index (χ2n) is 6.97. The fourth-order valence-electron chi connectivity index (χ4n) is 3.73. The molecule has 0 spiro atoms. The van der Waals surface area contributed by atoms with Gasteiger partial charge in [-0.05, 0) is 84.6 Å². The third kappa shape index (κ3) is 4.71. The first-order valence-electron chi connectivity index (χ1n) is 8.90. The SMILES string of the molecule is CCCNC(C)C(C)N1CCC(CN2CCCC2)CC1. The summed E-state index contributed by atoms with van der Waals surface area (Å²) in [6.07, 6.45) is 6.89.